The lowest BCUT2D eigenvalue weighted by molar-refractivity contribution is 0.0517. The minimum Gasteiger partial charge on any atom is -0.461 e. The molecule has 0 saturated carbocycles. The standard InChI is InChI=1S/C9H11N3O2/c1-3-14-9(13)8-7(4-5-10)6-12(2)11-8/h6H,3-4H2,1-2H3. The van der Waals surface area contributed by atoms with Crippen LogP contribution < -0.4 is 0 Å². The third-order valence-corrected chi connectivity index (χ3v) is 1.64. The van der Waals surface area contributed by atoms with E-state index in [0.717, 1.165) is 0 Å². The summed E-state index contributed by atoms with van der Waals surface area (Å²) >= 11 is 0. The van der Waals surface area contributed by atoms with E-state index in [2.05, 4.69) is 5.10 Å². The summed E-state index contributed by atoms with van der Waals surface area (Å²) in [4.78, 5) is 11.3. The number of esters is 1. The van der Waals surface area contributed by atoms with Gasteiger partial charge in [-0.3, -0.25) is 4.68 Å². The smallest absolute Gasteiger partial charge is 0.359 e. The van der Waals surface area contributed by atoms with Gasteiger partial charge in [0, 0.05) is 18.8 Å². The van der Waals surface area contributed by atoms with E-state index in [1.165, 1.54) is 4.68 Å². The van der Waals surface area contributed by atoms with Crippen molar-refractivity contribution in [2.75, 3.05) is 6.61 Å². The van der Waals surface area contributed by atoms with Gasteiger partial charge >= 0.3 is 5.97 Å². The van der Waals surface area contributed by atoms with Gasteiger partial charge < -0.3 is 4.74 Å². The van der Waals surface area contributed by atoms with Gasteiger partial charge in [0.1, 0.15) is 0 Å². The lowest BCUT2D eigenvalue weighted by Gasteiger charge is -1.98. The molecule has 0 atom stereocenters. The zero-order chi connectivity index (χ0) is 10.6. The molecule has 0 bridgehead atoms. The maximum absolute atomic E-state index is 11.3. The molecule has 74 valence electrons. The van der Waals surface area contributed by atoms with Crippen LogP contribution in [0.3, 0.4) is 0 Å². The Morgan fingerprint density at radius 3 is 3.07 bits per heavy atom. The quantitative estimate of drug-likeness (QED) is 0.661. The van der Waals surface area contributed by atoms with Gasteiger partial charge in [0.05, 0.1) is 19.1 Å². The molecular formula is C9H11N3O2. The number of aromatic nitrogens is 2. The second kappa shape index (κ2) is 4.42. The van der Waals surface area contributed by atoms with E-state index in [0.29, 0.717) is 12.2 Å². The van der Waals surface area contributed by atoms with Gasteiger partial charge in [-0.25, -0.2) is 4.79 Å². The largest absolute Gasteiger partial charge is 0.461 e. The fourth-order valence-electron chi connectivity index (χ4n) is 1.12. The van der Waals surface area contributed by atoms with Crippen LogP contribution in [0, 0.1) is 11.3 Å². The van der Waals surface area contributed by atoms with Crippen LogP contribution in [0.4, 0.5) is 0 Å². The SMILES string of the molecule is CCOC(=O)c1nn(C)cc1CC#N. The molecule has 0 aliphatic rings. The summed E-state index contributed by atoms with van der Waals surface area (Å²) in [6.45, 7) is 2.03. The zero-order valence-corrected chi connectivity index (χ0v) is 8.15. The number of hydrogen-bond acceptors (Lipinski definition) is 4. The summed E-state index contributed by atoms with van der Waals surface area (Å²) in [6, 6.07) is 1.97. The summed E-state index contributed by atoms with van der Waals surface area (Å²) in [6.07, 6.45) is 1.82. The second-order valence-electron chi connectivity index (χ2n) is 2.73. The van der Waals surface area contributed by atoms with E-state index in [-0.39, 0.29) is 12.1 Å². The highest BCUT2D eigenvalue weighted by Crippen LogP contribution is 2.08. The molecule has 0 fully saturated rings. The second-order valence-corrected chi connectivity index (χ2v) is 2.73. The Hall–Kier alpha value is -1.83. The minimum atomic E-state index is -0.474. The average molecular weight is 193 g/mol. The molecule has 5 nitrogen and oxygen atoms in total. The maximum atomic E-state index is 11.3. The van der Waals surface area contributed by atoms with E-state index in [1.54, 1.807) is 20.2 Å². The molecule has 0 amide bonds. The number of nitrogens with zero attached hydrogens (tertiary/aromatic N) is 3. The Bertz CT molecular complexity index is 376. The molecule has 0 saturated heterocycles. The van der Waals surface area contributed by atoms with Crippen molar-refractivity contribution in [2.24, 2.45) is 7.05 Å². The Labute approximate surface area is 81.9 Å². The van der Waals surface area contributed by atoms with Crippen LogP contribution >= 0.6 is 0 Å². The molecule has 5 heteroatoms. The molecular weight excluding hydrogens is 182 g/mol. The highest BCUT2D eigenvalue weighted by molar-refractivity contribution is 5.88. The van der Waals surface area contributed by atoms with Gasteiger partial charge in [-0.2, -0.15) is 10.4 Å². The summed E-state index contributed by atoms with van der Waals surface area (Å²) in [5, 5.41) is 12.5. The highest BCUT2D eigenvalue weighted by atomic mass is 16.5. The number of hydrogen-bond donors (Lipinski definition) is 0. The van der Waals surface area contributed by atoms with Crippen molar-refractivity contribution in [2.45, 2.75) is 13.3 Å². The maximum Gasteiger partial charge on any atom is 0.359 e. The lowest BCUT2D eigenvalue weighted by Crippen LogP contribution is -2.08. The first-order chi connectivity index (χ1) is 6.69. The number of aryl methyl sites for hydroxylation is 1. The summed E-state index contributed by atoms with van der Waals surface area (Å²) < 4.78 is 6.30. The summed E-state index contributed by atoms with van der Waals surface area (Å²) in [5.74, 6) is -0.474. The summed E-state index contributed by atoms with van der Waals surface area (Å²) in [5.41, 5.74) is 0.837. The third-order valence-electron chi connectivity index (χ3n) is 1.64. The molecule has 0 aliphatic carbocycles. The molecule has 0 radical (unpaired) electrons. The van der Waals surface area contributed by atoms with Gasteiger partial charge in [-0.05, 0) is 6.92 Å². The number of nitriles is 1. The molecule has 0 aromatic carbocycles. The highest BCUT2D eigenvalue weighted by Gasteiger charge is 2.16. The molecule has 1 heterocycles. The van der Waals surface area contributed by atoms with Crippen LogP contribution in [0.5, 0.6) is 0 Å². The van der Waals surface area contributed by atoms with Crippen LogP contribution in [0.2, 0.25) is 0 Å². The fourth-order valence-corrected chi connectivity index (χ4v) is 1.12. The Morgan fingerprint density at radius 2 is 2.50 bits per heavy atom. The summed E-state index contributed by atoms with van der Waals surface area (Å²) in [7, 11) is 1.70. The molecule has 0 aliphatic heterocycles. The zero-order valence-electron chi connectivity index (χ0n) is 8.15. The van der Waals surface area contributed by atoms with Crippen molar-refractivity contribution in [3.63, 3.8) is 0 Å². The van der Waals surface area contributed by atoms with Gasteiger partial charge in [-0.15, -0.1) is 0 Å². The van der Waals surface area contributed by atoms with Crippen LogP contribution in [0.25, 0.3) is 0 Å². The minimum absolute atomic E-state index is 0.169. The Kier molecular flexibility index (Phi) is 3.24. The van der Waals surface area contributed by atoms with Crippen molar-refractivity contribution in [3.8, 4) is 6.07 Å². The van der Waals surface area contributed by atoms with Gasteiger partial charge in [0.15, 0.2) is 5.69 Å². The third kappa shape index (κ3) is 2.10. The van der Waals surface area contributed by atoms with E-state index in [9.17, 15) is 4.79 Å². The van der Waals surface area contributed by atoms with Crippen LogP contribution in [-0.2, 0) is 18.2 Å². The van der Waals surface area contributed by atoms with E-state index >= 15 is 0 Å². The average Bonchev–Trinajstić information content (AvgIpc) is 2.48. The molecule has 1 aromatic rings. The van der Waals surface area contributed by atoms with Gasteiger partial charge in [0.25, 0.3) is 0 Å². The predicted molar refractivity (Wildman–Crippen MR) is 48.5 cm³/mol. The van der Waals surface area contributed by atoms with Crippen molar-refractivity contribution in [1.29, 1.82) is 5.26 Å². The molecule has 0 unspecified atom stereocenters. The number of rotatable bonds is 3. The monoisotopic (exact) mass is 193 g/mol. The van der Waals surface area contributed by atoms with Crippen molar-refractivity contribution in [3.05, 3.63) is 17.5 Å². The molecule has 1 rings (SSSR count). The Morgan fingerprint density at radius 1 is 1.79 bits per heavy atom. The van der Waals surface area contributed by atoms with E-state index in [4.69, 9.17) is 10.00 Å². The van der Waals surface area contributed by atoms with Crippen molar-refractivity contribution >= 4 is 5.97 Å². The topological polar surface area (TPSA) is 67.9 Å². The number of carbonyl (C=O) groups excluding carboxylic acids is 1. The van der Waals surface area contributed by atoms with Crippen molar-refractivity contribution in [1.82, 2.24) is 9.78 Å². The Balaban J connectivity index is 2.95. The van der Waals surface area contributed by atoms with Crippen molar-refractivity contribution < 1.29 is 9.53 Å². The number of ether oxygens (including phenoxy) is 1. The van der Waals surface area contributed by atoms with Gasteiger partial charge in [-0.1, -0.05) is 0 Å². The van der Waals surface area contributed by atoms with Crippen LogP contribution in [0.15, 0.2) is 6.20 Å². The normalized spacial score (nSPS) is 9.50. The van der Waals surface area contributed by atoms with E-state index in [1.807, 2.05) is 6.07 Å². The predicted octanol–water partition coefficient (Wildman–Crippen LogP) is 0.663. The van der Waals surface area contributed by atoms with E-state index < -0.39 is 5.97 Å². The molecule has 0 N–H and O–H groups in total. The first kappa shape index (κ1) is 10.3. The molecule has 14 heavy (non-hydrogen) atoms. The van der Waals surface area contributed by atoms with Crippen LogP contribution in [0.1, 0.15) is 23.0 Å². The number of carbonyl (C=O) groups is 1. The lowest BCUT2D eigenvalue weighted by atomic mass is 10.2. The first-order valence-electron chi connectivity index (χ1n) is 4.25. The fraction of sp³-hybridized carbons (Fsp3) is 0.444. The van der Waals surface area contributed by atoms with Gasteiger partial charge in [0.2, 0.25) is 0 Å². The first-order valence-corrected chi connectivity index (χ1v) is 4.25. The molecule has 0 spiro atoms. The molecule has 1 aromatic heterocycles. The van der Waals surface area contributed by atoms with Crippen LogP contribution in [-0.4, -0.2) is 22.4 Å².